The summed E-state index contributed by atoms with van der Waals surface area (Å²) in [6, 6.07) is 14.9. The van der Waals surface area contributed by atoms with Gasteiger partial charge in [-0.05, 0) is 43.5 Å². The first kappa shape index (κ1) is 18.2. The van der Waals surface area contributed by atoms with Crippen LogP contribution in [0.2, 0.25) is 0 Å². The van der Waals surface area contributed by atoms with E-state index in [0.717, 1.165) is 24.5 Å². The van der Waals surface area contributed by atoms with Crippen LogP contribution in [0.25, 0.3) is 10.9 Å². The van der Waals surface area contributed by atoms with E-state index in [2.05, 4.69) is 20.5 Å². The van der Waals surface area contributed by atoms with E-state index in [1.54, 1.807) is 18.2 Å². The molecule has 144 valence electrons. The fraction of sp³-hybridized carbons (Fsp3) is 0.333. The van der Waals surface area contributed by atoms with Crippen LogP contribution in [0, 0.1) is 0 Å². The van der Waals surface area contributed by atoms with Gasteiger partial charge >= 0.3 is 0 Å². The van der Waals surface area contributed by atoms with Crippen LogP contribution in [-0.2, 0) is 11.3 Å². The van der Waals surface area contributed by atoms with Crippen molar-refractivity contribution in [3.8, 4) is 0 Å². The lowest BCUT2D eigenvalue weighted by Gasteiger charge is -2.30. The molecule has 28 heavy (non-hydrogen) atoms. The van der Waals surface area contributed by atoms with Crippen molar-refractivity contribution in [3.05, 3.63) is 58.9 Å². The number of hydrogen-bond donors (Lipinski definition) is 1. The van der Waals surface area contributed by atoms with E-state index < -0.39 is 0 Å². The molecule has 1 aliphatic heterocycles. The van der Waals surface area contributed by atoms with Gasteiger partial charge in [-0.1, -0.05) is 29.5 Å². The van der Waals surface area contributed by atoms with Crippen molar-refractivity contribution < 1.29 is 4.79 Å². The summed E-state index contributed by atoms with van der Waals surface area (Å²) in [6.07, 6.45) is 3.76. The molecule has 0 radical (unpaired) electrons. The maximum atomic E-state index is 12.5. The molecule has 0 atom stereocenters. The first-order valence-corrected chi connectivity index (χ1v) is 9.69. The van der Waals surface area contributed by atoms with Crippen molar-refractivity contribution in [1.29, 1.82) is 0 Å². The number of amides is 1. The average molecular weight is 377 g/mol. The second-order valence-electron chi connectivity index (χ2n) is 7.00. The van der Waals surface area contributed by atoms with Crippen LogP contribution in [-0.4, -0.2) is 34.0 Å². The second kappa shape index (κ2) is 8.21. The Morgan fingerprint density at radius 3 is 2.61 bits per heavy atom. The third kappa shape index (κ3) is 3.88. The van der Waals surface area contributed by atoms with Gasteiger partial charge in [0.05, 0.1) is 23.3 Å². The molecule has 0 aliphatic carbocycles. The highest BCUT2D eigenvalue weighted by Crippen LogP contribution is 2.28. The van der Waals surface area contributed by atoms with Crippen LogP contribution in [0.3, 0.4) is 0 Å². The highest BCUT2D eigenvalue weighted by atomic mass is 16.2. The molecule has 1 amide bonds. The quantitative estimate of drug-likeness (QED) is 0.740. The number of anilines is 2. The number of nitrogens with zero attached hydrogens (tertiary/aromatic N) is 4. The van der Waals surface area contributed by atoms with Gasteiger partial charge in [-0.25, -0.2) is 4.68 Å². The van der Waals surface area contributed by atoms with Gasteiger partial charge < -0.3 is 10.2 Å². The van der Waals surface area contributed by atoms with Crippen molar-refractivity contribution >= 4 is 28.2 Å². The number of rotatable bonds is 5. The average Bonchev–Trinajstić information content (AvgIpc) is 2.74. The highest BCUT2D eigenvalue weighted by Gasteiger charge is 2.15. The Bertz CT molecular complexity index is 1040. The molecule has 0 unspecified atom stereocenters. The van der Waals surface area contributed by atoms with E-state index in [9.17, 15) is 9.59 Å². The zero-order valence-corrected chi connectivity index (χ0v) is 15.7. The third-order valence-electron chi connectivity index (χ3n) is 5.05. The monoisotopic (exact) mass is 377 g/mol. The van der Waals surface area contributed by atoms with Crippen LogP contribution in [0.15, 0.2) is 53.3 Å². The van der Waals surface area contributed by atoms with Gasteiger partial charge in [0.1, 0.15) is 5.52 Å². The standard InChI is InChI=1S/C21H23N5O2/c27-20(12-15-26-21(28)16-8-2-3-9-17(16)23-24-26)22-18-10-4-5-11-19(18)25-13-6-1-7-14-25/h2-5,8-11H,1,6-7,12-15H2,(H,22,27). The summed E-state index contributed by atoms with van der Waals surface area (Å²) in [7, 11) is 0. The molecule has 1 fully saturated rings. The lowest BCUT2D eigenvalue weighted by atomic mass is 10.1. The molecule has 2 aromatic carbocycles. The third-order valence-corrected chi connectivity index (χ3v) is 5.05. The van der Waals surface area contributed by atoms with E-state index in [1.807, 2.05) is 30.3 Å². The summed E-state index contributed by atoms with van der Waals surface area (Å²) < 4.78 is 1.25. The molecule has 0 spiro atoms. The number of fused-ring (bicyclic) bond motifs is 1. The zero-order valence-electron chi connectivity index (χ0n) is 15.7. The Morgan fingerprint density at radius 1 is 1.00 bits per heavy atom. The number of piperidine rings is 1. The lowest BCUT2D eigenvalue weighted by Crippen LogP contribution is -2.30. The Morgan fingerprint density at radius 2 is 1.75 bits per heavy atom. The van der Waals surface area contributed by atoms with Gasteiger partial charge in [0.15, 0.2) is 0 Å². The molecule has 1 aliphatic rings. The van der Waals surface area contributed by atoms with Crippen LogP contribution in [0.5, 0.6) is 0 Å². The first-order chi connectivity index (χ1) is 13.7. The molecule has 3 aromatic rings. The number of benzene rings is 2. The Labute approximate surface area is 163 Å². The number of carbonyl (C=O) groups is 1. The van der Waals surface area contributed by atoms with Crippen molar-refractivity contribution in [3.63, 3.8) is 0 Å². The fourth-order valence-corrected chi connectivity index (χ4v) is 3.58. The SMILES string of the molecule is O=C(CCn1nnc2ccccc2c1=O)Nc1ccccc1N1CCCCC1. The predicted molar refractivity (Wildman–Crippen MR) is 110 cm³/mol. The van der Waals surface area contributed by atoms with Gasteiger partial charge in [-0.3, -0.25) is 9.59 Å². The minimum Gasteiger partial charge on any atom is -0.370 e. The largest absolute Gasteiger partial charge is 0.370 e. The molecule has 0 saturated carbocycles. The number of nitrogens with one attached hydrogen (secondary N) is 1. The number of para-hydroxylation sites is 2. The van der Waals surface area contributed by atoms with Crippen LogP contribution in [0.4, 0.5) is 11.4 Å². The summed E-state index contributed by atoms with van der Waals surface area (Å²) in [5.74, 6) is -0.147. The predicted octanol–water partition coefficient (Wildman–Crippen LogP) is 2.81. The number of aryl methyl sites for hydroxylation is 1. The Hall–Kier alpha value is -3.22. The van der Waals surface area contributed by atoms with Crippen LogP contribution < -0.4 is 15.8 Å². The van der Waals surface area contributed by atoms with E-state index in [1.165, 1.54) is 23.9 Å². The summed E-state index contributed by atoms with van der Waals surface area (Å²) in [5, 5.41) is 11.5. The summed E-state index contributed by atoms with van der Waals surface area (Å²) in [4.78, 5) is 27.3. The van der Waals surface area contributed by atoms with Gasteiger partial charge in [-0.15, -0.1) is 5.10 Å². The number of carbonyl (C=O) groups excluding carboxylic acids is 1. The minimum absolute atomic E-state index is 0.147. The molecule has 1 aromatic heterocycles. The maximum absolute atomic E-state index is 12.5. The van der Waals surface area contributed by atoms with Crippen molar-refractivity contribution in [2.45, 2.75) is 32.2 Å². The smallest absolute Gasteiger partial charge is 0.277 e. The number of hydrogen-bond acceptors (Lipinski definition) is 5. The van der Waals surface area contributed by atoms with Gasteiger partial charge in [0.2, 0.25) is 5.91 Å². The molecule has 1 N–H and O–H groups in total. The minimum atomic E-state index is -0.230. The molecule has 7 nitrogen and oxygen atoms in total. The van der Waals surface area contributed by atoms with E-state index in [0.29, 0.717) is 10.9 Å². The maximum Gasteiger partial charge on any atom is 0.277 e. The van der Waals surface area contributed by atoms with Crippen LogP contribution in [0.1, 0.15) is 25.7 Å². The van der Waals surface area contributed by atoms with Gasteiger partial charge in [0.25, 0.3) is 5.56 Å². The van der Waals surface area contributed by atoms with E-state index in [-0.39, 0.29) is 24.4 Å². The number of aromatic nitrogens is 3. The summed E-state index contributed by atoms with van der Waals surface area (Å²) in [6.45, 7) is 2.21. The van der Waals surface area contributed by atoms with Crippen molar-refractivity contribution in [2.75, 3.05) is 23.3 Å². The van der Waals surface area contributed by atoms with E-state index >= 15 is 0 Å². The molecular formula is C21H23N5O2. The molecular weight excluding hydrogens is 354 g/mol. The van der Waals surface area contributed by atoms with E-state index in [4.69, 9.17) is 0 Å². The topological polar surface area (TPSA) is 80.1 Å². The Kier molecular flexibility index (Phi) is 5.32. The normalized spacial score (nSPS) is 14.2. The van der Waals surface area contributed by atoms with Crippen molar-refractivity contribution in [1.82, 2.24) is 15.0 Å². The second-order valence-corrected chi connectivity index (χ2v) is 7.00. The van der Waals surface area contributed by atoms with Gasteiger partial charge in [0, 0.05) is 19.5 Å². The molecule has 2 heterocycles. The summed E-state index contributed by atoms with van der Waals surface area (Å²) >= 11 is 0. The zero-order chi connectivity index (χ0) is 19.3. The molecule has 7 heteroatoms. The highest BCUT2D eigenvalue weighted by molar-refractivity contribution is 5.94. The lowest BCUT2D eigenvalue weighted by molar-refractivity contribution is -0.116. The van der Waals surface area contributed by atoms with Gasteiger partial charge in [-0.2, -0.15) is 0 Å². The summed E-state index contributed by atoms with van der Waals surface area (Å²) in [5.41, 5.74) is 2.19. The fourth-order valence-electron chi connectivity index (χ4n) is 3.58. The van der Waals surface area contributed by atoms with Crippen LogP contribution >= 0.6 is 0 Å². The van der Waals surface area contributed by atoms with Crippen molar-refractivity contribution in [2.24, 2.45) is 0 Å². The molecule has 4 rings (SSSR count). The Balaban J connectivity index is 1.44. The first-order valence-electron chi connectivity index (χ1n) is 9.69. The molecule has 1 saturated heterocycles. The molecule has 0 bridgehead atoms.